The highest BCUT2D eigenvalue weighted by Crippen LogP contribution is 2.36. The van der Waals surface area contributed by atoms with Gasteiger partial charge in [0.1, 0.15) is 0 Å². The first kappa shape index (κ1) is 9.91. The summed E-state index contributed by atoms with van der Waals surface area (Å²) >= 11 is 0. The largest absolute Gasteiger partial charge is 0.387 e. The molecule has 3 rings (SSSR count). The topological polar surface area (TPSA) is 36.0 Å². The van der Waals surface area contributed by atoms with Gasteiger partial charge >= 0.3 is 0 Å². The lowest BCUT2D eigenvalue weighted by atomic mass is 9.92. The number of benzene rings is 1. The molecule has 2 aromatic rings. The van der Waals surface area contributed by atoms with Crippen molar-refractivity contribution in [1.29, 1.82) is 0 Å². The van der Waals surface area contributed by atoms with Crippen molar-refractivity contribution in [2.75, 3.05) is 0 Å². The van der Waals surface area contributed by atoms with E-state index in [1.807, 2.05) is 0 Å². The summed E-state index contributed by atoms with van der Waals surface area (Å²) in [5, 5.41) is 11.3. The molecule has 0 aliphatic heterocycles. The van der Waals surface area contributed by atoms with E-state index in [0.717, 1.165) is 25.0 Å². The first-order valence-corrected chi connectivity index (χ1v) is 5.96. The predicted octanol–water partition coefficient (Wildman–Crippen LogP) is 3.15. The lowest BCUT2D eigenvalue weighted by molar-refractivity contribution is 0.153. The Labute approximate surface area is 95.3 Å². The summed E-state index contributed by atoms with van der Waals surface area (Å²) in [5.41, 5.74) is 6.17. The van der Waals surface area contributed by atoms with Gasteiger partial charge < -0.3 is 10.1 Å². The molecule has 1 aliphatic carbocycles. The molecule has 84 valence electrons. The summed E-state index contributed by atoms with van der Waals surface area (Å²) in [6, 6.07) is 4.39. The van der Waals surface area contributed by atoms with Gasteiger partial charge in [-0.3, -0.25) is 0 Å². The van der Waals surface area contributed by atoms with Crippen LogP contribution in [0.25, 0.3) is 10.9 Å². The number of aliphatic hydroxyl groups excluding tert-OH is 1. The van der Waals surface area contributed by atoms with Gasteiger partial charge in [-0.1, -0.05) is 6.07 Å². The number of H-pyrrole nitrogens is 1. The van der Waals surface area contributed by atoms with Crippen LogP contribution < -0.4 is 0 Å². The molecule has 0 amide bonds. The van der Waals surface area contributed by atoms with Crippen LogP contribution in [0.15, 0.2) is 12.1 Å². The molecule has 0 saturated heterocycles. The van der Waals surface area contributed by atoms with E-state index in [-0.39, 0.29) is 6.10 Å². The van der Waals surface area contributed by atoms with Gasteiger partial charge in [0.25, 0.3) is 0 Å². The zero-order valence-corrected chi connectivity index (χ0v) is 9.80. The number of aromatic nitrogens is 1. The maximum Gasteiger partial charge on any atom is 0.0941 e. The molecule has 1 unspecified atom stereocenters. The van der Waals surface area contributed by atoms with E-state index >= 15 is 0 Å². The lowest BCUT2D eigenvalue weighted by Crippen LogP contribution is -2.07. The van der Waals surface area contributed by atoms with Crippen molar-refractivity contribution < 1.29 is 5.11 Å². The molecule has 16 heavy (non-hydrogen) atoms. The normalized spacial score (nSPS) is 20.1. The van der Waals surface area contributed by atoms with Gasteiger partial charge in [0.2, 0.25) is 0 Å². The minimum absolute atomic E-state index is 0.296. The average Bonchev–Trinajstić information content (AvgIpc) is 2.57. The molecule has 1 aromatic carbocycles. The number of hydrogen-bond acceptors (Lipinski definition) is 1. The number of aliphatic hydroxyl groups is 1. The highest BCUT2D eigenvalue weighted by Gasteiger charge is 2.23. The number of aryl methyl sites for hydroxylation is 3. The molecule has 0 fully saturated rings. The molecule has 1 atom stereocenters. The molecule has 2 N–H and O–H groups in total. The molecule has 2 heteroatoms. The third-order valence-corrected chi connectivity index (χ3v) is 3.61. The maximum atomic E-state index is 9.99. The van der Waals surface area contributed by atoms with Crippen LogP contribution in [0.3, 0.4) is 0 Å². The fourth-order valence-electron chi connectivity index (χ4n) is 2.98. The molecule has 0 spiro atoms. The average molecular weight is 215 g/mol. The molecule has 2 nitrogen and oxygen atoms in total. The lowest BCUT2D eigenvalue weighted by Gasteiger charge is -2.17. The van der Waals surface area contributed by atoms with Crippen molar-refractivity contribution in [3.8, 4) is 0 Å². The second-order valence-corrected chi connectivity index (χ2v) is 4.93. The molecule has 1 heterocycles. The van der Waals surface area contributed by atoms with Crippen LogP contribution in [0.4, 0.5) is 0 Å². The minimum atomic E-state index is -0.296. The molecule has 0 saturated carbocycles. The van der Waals surface area contributed by atoms with Gasteiger partial charge in [-0.15, -0.1) is 0 Å². The maximum absolute atomic E-state index is 9.99. The van der Waals surface area contributed by atoms with Gasteiger partial charge in [0, 0.05) is 16.6 Å². The van der Waals surface area contributed by atoms with Gasteiger partial charge in [-0.25, -0.2) is 0 Å². The van der Waals surface area contributed by atoms with Crippen molar-refractivity contribution in [3.05, 3.63) is 34.5 Å². The summed E-state index contributed by atoms with van der Waals surface area (Å²) in [6.07, 6.45) is 2.78. The van der Waals surface area contributed by atoms with Gasteiger partial charge in [-0.2, -0.15) is 0 Å². The number of rotatable bonds is 0. The van der Waals surface area contributed by atoms with E-state index in [1.54, 1.807) is 0 Å². The molecule has 1 aromatic heterocycles. The Kier molecular flexibility index (Phi) is 2.08. The molecule has 1 aliphatic rings. The standard InChI is InChI=1S/C14H17NO/c1-8-6-9(2)13-10-4-3-5-12(16)14(10)15-11(13)7-8/h6-7,12,15-16H,3-5H2,1-2H3. The third-order valence-electron chi connectivity index (χ3n) is 3.61. The van der Waals surface area contributed by atoms with Crippen LogP contribution in [-0.2, 0) is 6.42 Å². The summed E-state index contributed by atoms with van der Waals surface area (Å²) < 4.78 is 0. The first-order valence-electron chi connectivity index (χ1n) is 5.96. The molecule has 0 radical (unpaired) electrons. The van der Waals surface area contributed by atoms with E-state index in [0.29, 0.717) is 0 Å². The molecular formula is C14H17NO. The molecular weight excluding hydrogens is 198 g/mol. The Morgan fingerprint density at radius 2 is 2.12 bits per heavy atom. The Bertz CT molecular complexity index is 553. The van der Waals surface area contributed by atoms with Gasteiger partial charge in [0.05, 0.1) is 6.10 Å². The quantitative estimate of drug-likeness (QED) is 0.695. The van der Waals surface area contributed by atoms with Gasteiger partial charge in [-0.05, 0) is 55.9 Å². The highest BCUT2D eigenvalue weighted by molar-refractivity contribution is 5.88. The zero-order chi connectivity index (χ0) is 11.3. The number of hydrogen-bond donors (Lipinski definition) is 2. The fraction of sp³-hybridized carbons (Fsp3) is 0.429. The monoisotopic (exact) mass is 215 g/mol. The minimum Gasteiger partial charge on any atom is -0.387 e. The van der Waals surface area contributed by atoms with Crippen LogP contribution in [-0.4, -0.2) is 10.1 Å². The van der Waals surface area contributed by atoms with Crippen LogP contribution in [0.2, 0.25) is 0 Å². The summed E-state index contributed by atoms with van der Waals surface area (Å²) in [7, 11) is 0. The predicted molar refractivity (Wildman–Crippen MR) is 65.7 cm³/mol. The van der Waals surface area contributed by atoms with Gasteiger partial charge in [0.15, 0.2) is 0 Å². The molecule has 0 bridgehead atoms. The Balaban J connectivity index is 2.36. The first-order chi connectivity index (χ1) is 7.66. The summed E-state index contributed by atoms with van der Waals surface area (Å²) in [4.78, 5) is 3.40. The second-order valence-electron chi connectivity index (χ2n) is 4.93. The van der Waals surface area contributed by atoms with Crippen molar-refractivity contribution >= 4 is 10.9 Å². The highest BCUT2D eigenvalue weighted by atomic mass is 16.3. The van der Waals surface area contributed by atoms with Crippen LogP contribution in [0.5, 0.6) is 0 Å². The Morgan fingerprint density at radius 3 is 2.94 bits per heavy atom. The van der Waals surface area contributed by atoms with E-state index < -0.39 is 0 Å². The smallest absolute Gasteiger partial charge is 0.0941 e. The van der Waals surface area contributed by atoms with E-state index in [9.17, 15) is 5.11 Å². The second kappa shape index (κ2) is 3.36. The van der Waals surface area contributed by atoms with E-state index in [2.05, 4.69) is 31.0 Å². The van der Waals surface area contributed by atoms with Crippen LogP contribution >= 0.6 is 0 Å². The van der Waals surface area contributed by atoms with Crippen LogP contribution in [0, 0.1) is 13.8 Å². The van der Waals surface area contributed by atoms with Crippen molar-refractivity contribution in [3.63, 3.8) is 0 Å². The number of fused-ring (bicyclic) bond motifs is 3. The number of aromatic amines is 1. The zero-order valence-electron chi connectivity index (χ0n) is 9.80. The SMILES string of the molecule is Cc1cc(C)c2c3c([nH]c2c1)C(O)CCC3. The van der Waals surface area contributed by atoms with Crippen molar-refractivity contribution in [1.82, 2.24) is 4.98 Å². The van der Waals surface area contributed by atoms with Crippen LogP contribution in [0.1, 0.15) is 41.3 Å². The van der Waals surface area contributed by atoms with Crippen molar-refractivity contribution in [2.45, 2.75) is 39.2 Å². The summed E-state index contributed by atoms with van der Waals surface area (Å²) in [5.74, 6) is 0. The Morgan fingerprint density at radius 1 is 1.31 bits per heavy atom. The Hall–Kier alpha value is -1.28. The van der Waals surface area contributed by atoms with Crippen molar-refractivity contribution in [2.24, 2.45) is 0 Å². The summed E-state index contributed by atoms with van der Waals surface area (Å²) in [6.45, 7) is 4.27. The van der Waals surface area contributed by atoms with E-state index in [1.165, 1.54) is 27.6 Å². The third kappa shape index (κ3) is 1.30. The fourth-order valence-corrected chi connectivity index (χ4v) is 2.98. The van der Waals surface area contributed by atoms with E-state index in [4.69, 9.17) is 0 Å². The number of nitrogens with one attached hydrogen (secondary N) is 1.